The lowest BCUT2D eigenvalue weighted by atomic mass is 9.97. The minimum Gasteiger partial charge on any atom is -0.480 e. The summed E-state index contributed by atoms with van der Waals surface area (Å²) < 4.78 is 0. The normalized spacial score (nSPS) is 17.3. The molecule has 19 heavy (non-hydrogen) atoms. The maximum Gasteiger partial charge on any atom is 0.329 e. The van der Waals surface area contributed by atoms with Crippen LogP contribution in [-0.4, -0.2) is 27.5 Å². The lowest BCUT2D eigenvalue weighted by Crippen LogP contribution is -2.52. The summed E-state index contributed by atoms with van der Waals surface area (Å²) in [6, 6.07) is 0. The number of aryl methyl sites for hydroxylation is 1. The number of amides is 1. The Balaban J connectivity index is 1.98. The summed E-state index contributed by atoms with van der Waals surface area (Å²) in [5, 5.41) is 14.8. The second-order valence-electron chi connectivity index (χ2n) is 4.91. The number of carboxylic acids is 1. The van der Waals surface area contributed by atoms with Crippen LogP contribution in [0.1, 0.15) is 43.3 Å². The molecule has 0 aromatic carbocycles. The minimum atomic E-state index is -1.05. The van der Waals surface area contributed by atoms with E-state index in [1.807, 2.05) is 12.3 Å². The Bertz CT molecular complexity index is 478. The van der Waals surface area contributed by atoms with Crippen molar-refractivity contribution in [1.29, 1.82) is 0 Å². The molecule has 1 aliphatic rings. The zero-order chi connectivity index (χ0) is 13.9. The Hall–Kier alpha value is -1.43. The summed E-state index contributed by atoms with van der Waals surface area (Å²) in [5.74, 6) is -1.18. The van der Waals surface area contributed by atoms with Crippen LogP contribution in [-0.2, 0) is 22.4 Å². The Morgan fingerprint density at radius 2 is 2.16 bits per heavy atom. The van der Waals surface area contributed by atoms with Crippen LogP contribution in [0.25, 0.3) is 0 Å². The third kappa shape index (κ3) is 3.12. The quantitative estimate of drug-likeness (QED) is 0.862. The van der Waals surface area contributed by atoms with Gasteiger partial charge in [-0.15, -0.1) is 11.3 Å². The monoisotopic (exact) mass is 282 g/mol. The van der Waals surface area contributed by atoms with Crippen molar-refractivity contribution in [3.8, 4) is 0 Å². The molecule has 104 valence electrons. The van der Waals surface area contributed by atoms with Crippen molar-refractivity contribution < 1.29 is 14.7 Å². The number of rotatable bonds is 5. The first-order valence-electron chi connectivity index (χ1n) is 6.53. The highest BCUT2D eigenvalue weighted by Crippen LogP contribution is 2.30. The van der Waals surface area contributed by atoms with E-state index < -0.39 is 11.5 Å². The molecule has 0 spiro atoms. The molecule has 0 unspecified atom stereocenters. The van der Waals surface area contributed by atoms with Crippen molar-refractivity contribution in [1.82, 2.24) is 10.3 Å². The van der Waals surface area contributed by atoms with E-state index in [1.165, 1.54) is 11.3 Å². The molecule has 0 radical (unpaired) electrons. The van der Waals surface area contributed by atoms with Gasteiger partial charge in [0, 0.05) is 5.38 Å². The zero-order valence-electron chi connectivity index (χ0n) is 10.9. The van der Waals surface area contributed by atoms with Crippen LogP contribution in [0.15, 0.2) is 5.38 Å². The fraction of sp³-hybridized carbons (Fsp3) is 0.615. The van der Waals surface area contributed by atoms with Crippen LogP contribution >= 0.6 is 11.3 Å². The standard InChI is InChI=1S/C13H18N2O3S/c1-2-11-14-9(8-19-11)7-10(16)15-13(12(17)18)5-3-4-6-13/h8H,2-7H2,1H3,(H,15,16)(H,17,18). The molecule has 6 heteroatoms. The second kappa shape index (κ2) is 5.69. The first-order valence-corrected chi connectivity index (χ1v) is 7.41. The molecular weight excluding hydrogens is 264 g/mol. The molecule has 1 aromatic rings. The predicted octanol–water partition coefficient (Wildman–Crippen LogP) is 1.76. The summed E-state index contributed by atoms with van der Waals surface area (Å²) >= 11 is 1.53. The van der Waals surface area contributed by atoms with Gasteiger partial charge in [0.1, 0.15) is 5.54 Å². The number of carbonyl (C=O) groups is 2. The van der Waals surface area contributed by atoms with Gasteiger partial charge in [0.2, 0.25) is 5.91 Å². The SMILES string of the molecule is CCc1nc(CC(=O)NC2(C(=O)O)CCCC2)cs1. The molecule has 1 amide bonds. The van der Waals surface area contributed by atoms with E-state index in [2.05, 4.69) is 10.3 Å². The number of nitrogens with one attached hydrogen (secondary N) is 1. The fourth-order valence-electron chi connectivity index (χ4n) is 2.44. The highest BCUT2D eigenvalue weighted by atomic mass is 32.1. The van der Waals surface area contributed by atoms with Crippen LogP contribution in [0.2, 0.25) is 0 Å². The summed E-state index contributed by atoms with van der Waals surface area (Å²) in [4.78, 5) is 27.6. The van der Waals surface area contributed by atoms with E-state index in [-0.39, 0.29) is 12.3 Å². The van der Waals surface area contributed by atoms with Gasteiger partial charge in [-0.3, -0.25) is 4.79 Å². The Morgan fingerprint density at radius 1 is 1.47 bits per heavy atom. The summed E-state index contributed by atoms with van der Waals surface area (Å²) in [7, 11) is 0. The number of carboxylic acid groups (broad SMARTS) is 1. The van der Waals surface area contributed by atoms with E-state index in [0.29, 0.717) is 12.8 Å². The van der Waals surface area contributed by atoms with Crippen LogP contribution < -0.4 is 5.32 Å². The van der Waals surface area contributed by atoms with Gasteiger partial charge in [0.05, 0.1) is 17.1 Å². The molecule has 5 nitrogen and oxygen atoms in total. The van der Waals surface area contributed by atoms with E-state index in [1.54, 1.807) is 0 Å². The Kier molecular flexibility index (Phi) is 4.19. The van der Waals surface area contributed by atoms with Gasteiger partial charge < -0.3 is 10.4 Å². The summed E-state index contributed by atoms with van der Waals surface area (Å²) in [6.07, 6.45) is 3.75. The first kappa shape index (κ1) is 14.0. The highest BCUT2D eigenvalue weighted by molar-refractivity contribution is 7.09. The topological polar surface area (TPSA) is 79.3 Å². The molecule has 0 saturated heterocycles. The van der Waals surface area contributed by atoms with Crippen molar-refractivity contribution in [2.75, 3.05) is 0 Å². The number of aromatic nitrogens is 1. The largest absolute Gasteiger partial charge is 0.480 e. The lowest BCUT2D eigenvalue weighted by Gasteiger charge is -2.25. The average molecular weight is 282 g/mol. The maximum atomic E-state index is 12.0. The van der Waals surface area contributed by atoms with Crippen molar-refractivity contribution in [2.24, 2.45) is 0 Å². The van der Waals surface area contributed by atoms with E-state index in [9.17, 15) is 14.7 Å². The smallest absolute Gasteiger partial charge is 0.329 e. The third-order valence-electron chi connectivity index (χ3n) is 3.49. The number of hydrogen-bond acceptors (Lipinski definition) is 4. The van der Waals surface area contributed by atoms with Crippen molar-refractivity contribution in [3.05, 3.63) is 16.1 Å². The van der Waals surface area contributed by atoms with Crippen LogP contribution in [0.5, 0.6) is 0 Å². The maximum absolute atomic E-state index is 12.0. The van der Waals surface area contributed by atoms with Crippen LogP contribution in [0.4, 0.5) is 0 Å². The van der Waals surface area contributed by atoms with Crippen molar-refractivity contribution >= 4 is 23.2 Å². The molecular formula is C13H18N2O3S. The van der Waals surface area contributed by atoms with Gasteiger partial charge in [0.25, 0.3) is 0 Å². The molecule has 1 aliphatic carbocycles. The highest BCUT2D eigenvalue weighted by Gasteiger charge is 2.42. The summed E-state index contributed by atoms with van der Waals surface area (Å²) in [6.45, 7) is 2.01. The third-order valence-corrected chi connectivity index (χ3v) is 4.53. The van der Waals surface area contributed by atoms with Gasteiger partial charge in [0.15, 0.2) is 0 Å². The Labute approximate surface area is 116 Å². The van der Waals surface area contributed by atoms with Crippen LogP contribution in [0.3, 0.4) is 0 Å². The molecule has 1 fully saturated rings. The molecule has 0 atom stereocenters. The van der Waals surface area contributed by atoms with E-state index in [4.69, 9.17) is 0 Å². The van der Waals surface area contributed by atoms with Gasteiger partial charge in [-0.2, -0.15) is 0 Å². The minimum absolute atomic E-state index is 0.158. The average Bonchev–Trinajstić information content (AvgIpc) is 2.98. The first-order chi connectivity index (χ1) is 9.05. The summed E-state index contributed by atoms with van der Waals surface area (Å²) in [5.41, 5.74) is -0.335. The number of nitrogens with zero attached hydrogens (tertiary/aromatic N) is 1. The lowest BCUT2D eigenvalue weighted by molar-refractivity contribution is -0.147. The molecule has 0 aliphatic heterocycles. The molecule has 1 heterocycles. The molecule has 2 N–H and O–H groups in total. The fourth-order valence-corrected chi connectivity index (χ4v) is 3.18. The molecule has 2 rings (SSSR count). The van der Waals surface area contributed by atoms with Crippen LogP contribution in [0, 0.1) is 0 Å². The van der Waals surface area contributed by atoms with E-state index >= 15 is 0 Å². The van der Waals surface area contributed by atoms with Crippen molar-refractivity contribution in [3.63, 3.8) is 0 Å². The molecule has 0 bridgehead atoms. The predicted molar refractivity (Wildman–Crippen MR) is 72.2 cm³/mol. The molecule has 1 saturated carbocycles. The van der Waals surface area contributed by atoms with E-state index in [0.717, 1.165) is 30.0 Å². The number of hydrogen-bond donors (Lipinski definition) is 2. The molecule has 1 aromatic heterocycles. The van der Waals surface area contributed by atoms with Crippen molar-refractivity contribution in [2.45, 2.75) is 51.0 Å². The number of carbonyl (C=O) groups excluding carboxylic acids is 1. The van der Waals surface area contributed by atoms with Gasteiger partial charge >= 0.3 is 5.97 Å². The van der Waals surface area contributed by atoms with Gasteiger partial charge in [-0.05, 0) is 19.3 Å². The number of thiazole rings is 1. The van der Waals surface area contributed by atoms with Gasteiger partial charge in [-0.1, -0.05) is 19.8 Å². The number of aliphatic carboxylic acids is 1. The Morgan fingerprint density at radius 3 is 2.68 bits per heavy atom. The second-order valence-corrected chi connectivity index (χ2v) is 5.85. The van der Waals surface area contributed by atoms with Gasteiger partial charge in [-0.25, -0.2) is 9.78 Å². The zero-order valence-corrected chi connectivity index (χ0v) is 11.8.